The van der Waals surface area contributed by atoms with E-state index in [1.54, 1.807) is 0 Å². The number of esters is 1. The fourth-order valence-electron chi connectivity index (χ4n) is 3.81. The molecule has 0 aliphatic carbocycles. The van der Waals surface area contributed by atoms with E-state index in [2.05, 4.69) is 6.07 Å². The maximum Gasteiger partial charge on any atom is 0.315 e. The normalized spacial score (nSPS) is 19.0. The van der Waals surface area contributed by atoms with Crippen molar-refractivity contribution in [1.82, 2.24) is 0 Å². The number of ketones is 1. The summed E-state index contributed by atoms with van der Waals surface area (Å²) in [7, 11) is 0. The van der Waals surface area contributed by atoms with Gasteiger partial charge in [0.1, 0.15) is 11.5 Å². The molecule has 0 saturated heterocycles. The summed E-state index contributed by atoms with van der Waals surface area (Å²) < 4.78 is 5.76. The summed E-state index contributed by atoms with van der Waals surface area (Å²) in [6, 6.07) is 21.9. The van der Waals surface area contributed by atoms with E-state index in [1.807, 2.05) is 67.6 Å². The number of rotatable bonds is 4. The van der Waals surface area contributed by atoms with Gasteiger partial charge in [-0.3, -0.25) is 9.59 Å². The van der Waals surface area contributed by atoms with Crippen molar-refractivity contribution < 1.29 is 14.3 Å². The Hall–Kier alpha value is -2.94. The van der Waals surface area contributed by atoms with Gasteiger partial charge in [0.25, 0.3) is 0 Å². The lowest BCUT2D eigenvalue weighted by atomic mass is 9.76. The summed E-state index contributed by atoms with van der Waals surface area (Å²) in [6.07, 6.45) is 0.636. The van der Waals surface area contributed by atoms with Gasteiger partial charge in [0.05, 0.1) is 5.92 Å². The molecule has 0 amide bonds. The summed E-state index contributed by atoms with van der Waals surface area (Å²) in [5.74, 6) is -0.269. The van der Waals surface area contributed by atoms with Gasteiger partial charge >= 0.3 is 5.97 Å². The third-order valence-electron chi connectivity index (χ3n) is 5.15. The molecule has 0 radical (unpaired) electrons. The van der Waals surface area contributed by atoms with Crippen LogP contribution in [0.4, 0.5) is 0 Å². The molecule has 0 N–H and O–H groups in total. The highest BCUT2D eigenvalue weighted by Crippen LogP contribution is 2.46. The van der Waals surface area contributed by atoms with E-state index in [4.69, 9.17) is 4.74 Å². The number of hydrogen-bond acceptors (Lipinski definition) is 3. The molecule has 0 fully saturated rings. The standard InChI is InChI=1S/C23H20O3/c1-2-17(24)14-20-21(16-9-4-3-5-10-16)19-13-12-15-8-6-7-11-18(15)22(19)26-23(20)25/h3-13,20-21H,2,14H2,1H3/t20-,21-/m0/s1. The van der Waals surface area contributed by atoms with E-state index in [1.165, 1.54) is 0 Å². The van der Waals surface area contributed by atoms with E-state index >= 15 is 0 Å². The van der Waals surface area contributed by atoms with Crippen LogP contribution >= 0.6 is 0 Å². The molecule has 1 aliphatic rings. The van der Waals surface area contributed by atoms with Crippen LogP contribution in [0.5, 0.6) is 5.75 Å². The summed E-state index contributed by atoms with van der Waals surface area (Å²) in [5.41, 5.74) is 2.01. The summed E-state index contributed by atoms with van der Waals surface area (Å²) in [5, 5.41) is 1.97. The Morgan fingerprint density at radius 3 is 2.46 bits per heavy atom. The Morgan fingerprint density at radius 1 is 0.962 bits per heavy atom. The Kier molecular flexibility index (Phi) is 4.29. The molecular weight excluding hydrogens is 324 g/mol. The maximum atomic E-state index is 12.9. The van der Waals surface area contributed by atoms with Crippen molar-refractivity contribution in [2.45, 2.75) is 25.7 Å². The molecule has 1 aliphatic heterocycles. The van der Waals surface area contributed by atoms with Crippen molar-refractivity contribution in [3.63, 3.8) is 0 Å². The largest absolute Gasteiger partial charge is 0.425 e. The van der Waals surface area contributed by atoms with Gasteiger partial charge in [-0.25, -0.2) is 0 Å². The average molecular weight is 344 g/mol. The molecule has 0 bridgehead atoms. The van der Waals surface area contributed by atoms with Gasteiger partial charge in [0.2, 0.25) is 0 Å². The zero-order valence-electron chi connectivity index (χ0n) is 14.6. The van der Waals surface area contributed by atoms with Gasteiger partial charge in [-0.2, -0.15) is 0 Å². The molecule has 2 atom stereocenters. The minimum atomic E-state index is -0.487. The van der Waals surface area contributed by atoms with Crippen LogP contribution in [0, 0.1) is 5.92 Å². The lowest BCUT2D eigenvalue weighted by molar-refractivity contribution is -0.142. The van der Waals surface area contributed by atoms with Gasteiger partial charge in [0, 0.05) is 29.7 Å². The Labute approximate surface area is 152 Å². The fraction of sp³-hybridized carbons (Fsp3) is 0.217. The number of benzene rings is 3. The van der Waals surface area contributed by atoms with E-state index < -0.39 is 5.92 Å². The fourth-order valence-corrected chi connectivity index (χ4v) is 3.81. The average Bonchev–Trinajstić information content (AvgIpc) is 2.69. The van der Waals surface area contributed by atoms with Crippen LogP contribution in [0.15, 0.2) is 66.7 Å². The van der Waals surface area contributed by atoms with E-state index in [0.717, 1.165) is 21.9 Å². The Balaban J connectivity index is 1.91. The van der Waals surface area contributed by atoms with Gasteiger partial charge in [-0.1, -0.05) is 73.7 Å². The molecule has 26 heavy (non-hydrogen) atoms. The second-order valence-electron chi connectivity index (χ2n) is 6.72. The van der Waals surface area contributed by atoms with Crippen molar-refractivity contribution in [3.05, 3.63) is 77.9 Å². The lowest BCUT2D eigenvalue weighted by Gasteiger charge is -2.32. The first-order valence-corrected chi connectivity index (χ1v) is 8.99. The molecule has 3 aromatic carbocycles. The number of fused-ring (bicyclic) bond motifs is 3. The van der Waals surface area contributed by atoms with Crippen molar-refractivity contribution in [2.75, 3.05) is 0 Å². The monoisotopic (exact) mass is 344 g/mol. The maximum absolute atomic E-state index is 12.9. The van der Waals surface area contributed by atoms with Crippen LogP contribution in [-0.2, 0) is 9.59 Å². The lowest BCUT2D eigenvalue weighted by Crippen LogP contribution is -2.34. The zero-order valence-corrected chi connectivity index (χ0v) is 14.6. The Bertz CT molecular complexity index is 975. The number of Topliss-reactive ketones (excluding diaryl/α,β-unsaturated/α-hetero) is 1. The molecule has 4 rings (SSSR count). The molecule has 3 aromatic rings. The molecule has 1 heterocycles. The van der Waals surface area contributed by atoms with Crippen LogP contribution in [0.2, 0.25) is 0 Å². The SMILES string of the molecule is CCC(=O)C[C@@H]1C(=O)Oc2c(ccc3ccccc23)[C@@H]1c1ccccc1. The van der Waals surface area contributed by atoms with E-state index in [-0.39, 0.29) is 24.1 Å². The summed E-state index contributed by atoms with van der Waals surface area (Å²) in [4.78, 5) is 25.0. The second-order valence-corrected chi connectivity index (χ2v) is 6.72. The van der Waals surface area contributed by atoms with Crippen molar-refractivity contribution in [3.8, 4) is 5.75 Å². The number of carbonyl (C=O) groups is 2. The first-order chi connectivity index (χ1) is 12.7. The predicted molar refractivity (Wildman–Crippen MR) is 101 cm³/mol. The predicted octanol–water partition coefficient (Wildman–Crippen LogP) is 4.88. The van der Waals surface area contributed by atoms with Gasteiger partial charge in [0.15, 0.2) is 0 Å². The highest BCUT2D eigenvalue weighted by Gasteiger charge is 2.40. The van der Waals surface area contributed by atoms with E-state index in [9.17, 15) is 9.59 Å². The molecule has 0 unspecified atom stereocenters. The van der Waals surface area contributed by atoms with Crippen LogP contribution in [0.3, 0.4) is 0 Å². The van der Waals surface area contributed by atoms with Crippen molar-refractivity contribution >= 4 is 22.5 Å². The molecule has 0 aromatic heterocycles. The zero-order chi connectivity index (χ0) is 18.1. The molecule has 0 saturated carbocycles. The Morgan fingerprint density at radius 2 is 1.69 bits per heavy atom. The minimum Gasteiger partial charge on any atom is -0.425 e. The highest BCUT2D eigenvalue weighted by molar-refractivity contribution is 5.95. The molecular formula is C23H20O3. The second kappa shape index (κ2) is 6.75. The molecule has 130 valence electrons. The third kappa shape index (κ3) is 2.80. The molecule has 0 spiro atoms. The first-order valence-electron chi connectivity index (χ1n) is 8.99. The molecule has 3 heteroatoms. The van der Waals surface area contributed by atoms with Gasteiger partial charge < -0.3 is 4.74 Å². The van der Waals surface area contributed by atoms with Crippen LogP contribution in [-0.4, -0.2) is 11.8 Å². The molecule has 3 nitrogen and oxygen atoms in total. The summed E-state index contributed by atoms with van der Waals surface area (Å²) >= 11 is 0. The summed E-state index contributed by atoms with van der Waals surface area (Å²) in [6.45, 7) is 1.83. The van der Waals surface area contributed by atoms with Crippen LogP contribution in [0.25, 0.3) is 10.8 Å². The van der Waals surface area contributed by atoms with Crippen molar-refractivity contribution in [1.29, 1.82) is 0 Å². The number of carbonyl (C=O) groups excluding carboxylic acids is 2. The topological polar surface area (TPSA) is 43.4 Å². The first kappa shape index (κ1) is 16.5. The van der Waals surface area contributed by atoms with Gasteiger partial charge in [-0.15, -0.1) is 0 Å². The van der Waals surface area contributed by atoms with Crippen LogP contribution in [0.1, 0.15) is 36.8 Å². The van der Waals surface area contributed by atoms with E-state index in [0.29, 0.717) is 12.2 Å². The van der Waals surface area contributed by atoms with Gasteiger partial charge in [-0.05, 0) is 10.9 Å². The quantitative estimate of drug-likeness (QED) is 0.501. The minimum absolute atomic E-state index is 0.0807. The third-order valence-corrected chi connectivity index (χ3v) is 5.15. The van der Waals surface area contributed by atoms with Crippen molar-refractivity contribution in [2.24, 2.45) is 5.92 Å². The smallest absolute Gasteiger partial charge is 0.315 e. The number of hydrogen-bond donors (Lipinski definition) is 0. The van der Waals surface area contributed by atoms with Crippen LogP contribution < -0.4 is 4.74 Å². The number of ether oxygens (including phenoxy) is 1. The highest BCUT2D eigenvalue weighted by atomic mass is 16.5.